The van der Waals surface area contributed by atoms with Crippen LogP contribution in [-0.2, 0) is 11.3 Å². The van der Waals surface area contributed by atoms with Gasteiger partial charge in [0.1, 0.15) is 0 Å². The van der Waals surface area contributed by atoms with Crippen LogP contribution >= 0.6 is 11.8 Å². The molecule has 7 nitrogen and oxygen atoms in total. The van der Waals surface area contributed by atoms with Crippen LogP contribution in [0.4, 0.5) is 5.69 Å². The second-order valence-corrected chi connectivity index (χ2v) is 7.31. The fraction of sp³-hybridized carbons (Fsp3) is 0.400. The quantitative estimate of drug-likeness (QED) is 0.768. The first-order valence-electron chi connectivity index (χ1n) is 8.99. The molecule has 0 bridgehead atoms. The van der Waals surface area contributed by atoms with Crippen LogP contribution in [0.1, 0.15) is 17.0 Å². The van der Waals surface area contributed by atoms with Gasteiger partial charge in [-0.2, -0.15) is 5.10 Å². The molecule has 1 aromatic carbocycles. The zero-order chi connectivity index (χ0) is 20.1. The van der Waals surface area contributed by atoms with Crippen molar-refractivity contribution in [3.8, 4) is 11.5 Å². The number of aromatic nitrogens is 1. The summed E-state index contributed by atoms with van der Waals surface area (Å²) in [5, 5.41) is 5.32. The zero-order valence-electron chi connectivity index (χ0n) is 16.9. The van der Waals surface area contributed by atoms with E-state index in [2.05, 4.69) is 40.0 Å². The topological polar surface area (TPSA) is 69.4 Å². The van der Waals surface area contributed by atoms with Crippen LogP contribution in [0, 0.1) is 13.8 Å². The summed E-state index contributed by atoms with van der Waals surface area (Å²) in [5.41, 5.74) is 8.46. The van der Waals surface area contributed by atoms with Gasteiger partial charge in [-0.1, -0.05) is 11.8 Å². The van der Waals surface area contributed by atoms with E-state index in [4.69, 9.17) is 14.2 Å². The molecule has 0 radical (unpaired) electrons. The van der Waals surface area contributed by atoms with Gasteiger partial charge in [0.25, 0.3) is 0 Å². The van der Waals surface area contributed by atoms with E-state index < -0.39 is 0 Å². The molecule has 1 aliphatic heterocycles. The summed E-state index contributed by atoms with van der Waals surface area (Å²) >= 11 is 1.63. The molecule has 0 atom stereocenters. The van der Waals surface area contributed by atoms with E-state index >= 15 is 0 Å². The monoisotopic (exact) mass is 402 g/mol. The minimum atomic E-state index is 0.651. The molecule has 0 saturated carbocycles. The summed E-state index contributed by atoms with van der Waals surface area (Å²) in [4.78, 5) is 4.62. The number of aliphatic imine (C=N–C) groups is 1. The highest BCUT2D eigenvalue weighted by Crippen LogP contribution is 2.31. The number of thioether (sulfide) groups is 1. The predicted molar refractivity (Wildman–Crippen MR) is 115 cm³/mol. The molecule has 0 unspecified atom stereocenters. The molecule has 0 saturated heterocycles. The molecule has 2 aromatic rings. The maximum absolute atomic E-state index is 5.34. The number of hydrogen-bond acceptors (Lipinski definition) is 6. The molecule has 3 rings (SSSR count). The van der Waals surface area contributed by atoms with E-state index in [0.29, 0.717) is 18.1 Å². The van der Waals surface area contributed by atoms with Gasteiger partial charge in [-0.3, -0.25) is 5.43 Å². The van der Waals surface area contributed by atoms with Gasteiger partial charge in [0.2, 0.25) is 0 Å². The van der Waals surface area contributed by atoms with Gasteiger partial charge in [-0.05, 0) is 32.0 Å². The lowest BCUT2D eigenvalue weighted by molar-refractivity contribution is 0.186. The van der Waals surface area contributed by atoms with Gasteiger partial charge < -0.3 is 18.8 Å². The Morgan fingerprint density at radius 3 is 2.57 bits per heavy atom. The molecule has 28 heavy (non-hydrogen) atoms. The molecule has 150 valence electrons. The second kappa shape index (κ2) is 9.16. The average Bonchev–Trinajstić information content (AvgIpc) is 3.00. The summed E-state index contributed by atoms with van der Waals surface area (Å²) in [6.45, 7) is 5.77. The molecular weight excluding hydrogens is 376 g/mol. The first-order valence-corrected chi connectivity index (χ1v) is 9.98. The number of nitrogens with zero attached hydrogens (tertiary/aromatic N) is 3. The maximum atomic E-state index is 5.34. The highest BCUT2D eigenvalue weighted by Gasteiger charge is 2.18. The van der Waals surface area contributed by atoms with Gasteiger partial charge in [-0.15, -0.1) is 0 Å². The number of hydrazone groups is 1. The van der Waals surface area contributed by atoms with Crippen LogP contribution in [-0.4, -0.2) is 49.1 Å². The summed E-state index contributed by atoms with van der Waals surface area (Å²) < 4.78 is 18.1. The highest BCUT2D eigenvalue weighted by molar-refractivity contribution is 8.14. The van der Waals surface area contributed by atoms with Crippen molar-refractivity contribution in [2.75, 3.05) is 33.7 Å². The number of rotatable bonds is 7. The van der Waals surface area contributed by atoms with Gasteiger partial charge in [0, 0.05) is 42.4 Å². The van der Waals surface area contributed by atoms with Gasteiger partial charge in [0.15, 0.2) is 16.7 Å². The van der Waals surface area contributed by atoms with E-state index in [9.17, 15) is 0 Å². The van der Waals surface area contributed by atoms with E-state index in [1.54, 1.807) is 33.1 Å². The van der Waals surface area contributed by atoms with Crippen LogP contribution in [0.5, 0.6) is 11.5 Å². The number of hydrogen-bond donors (Lipinski definition) is 1. The number of amidine groups is 1. The van der Waals surface area contributed by atoms with Crippen LogP contribution in [0.3, 0.4) is 0 Å². The third kappa shape index (κ3) is 4.34. The molecule has 1 aromatic heterocycles. The normalized spacial score (nSPS) is 15.3. The van der Waals surface area contributed by atoms with Crippen LogP contribution in [0.15, 0.2) is 34.4 Å². The van der Waals surface area contributed by atoms with Crippen molar-refractivity contribution in [3.63, 3.8) is 0 Å². The Bertz CT molecular complexity index is 905. The number of methoxy groups -OCH3 is 3. The predicted octanol–water partition coefficient (Wildman–Crippen LogP) is 3.50. The third-order valence-electron chi connectivity index (χ3n) is 4.63. The molecule has 0 amide bonds. The highest BCUT2D eigenvalue weighted by atomic mass is 32.2. The Morgan fingerprint density at radius 2 is 1.93 bits per heavy atom. The van der Waals surface area contributed by atoms with Crippen molar-refractivity contribution in [2.24, 2.45) is 10.1 Å². The first-order chi connectivity index (χ1) is 13.6. The molecule has 0 fully saturated rings. The standard InChI is InChI=1S/C20H26N4O3S/c1-13-10-16(14(2)24(13)8-9-25-3)17-12-28-20(23-22-17)21-15-6-7-18(26-4)19(11-15)27-5/h6-7,10-11H,8-9,12H2,1-5H3,(H,21,23). The van der Waals surface area contributed by atoms with Gasteiger partial charge >= 0.3 is 0 Å². The van der Waals surface area contributed by atoms with Crippen molar-refractivity contribution in [2.45, 2.75) is 20.4 Å². The molecule has 2 heterocycles. The molecule has 0 aliphatic carbocycles. The molecule has 0 spiro atoms. The van der Waals surface area contributed by atoms with Crippen LogP contribution in [0.25, 0.3) is 0 Å². The zero-order valence-corrected chi connectivity index (χ0v) is 17.7. The molecule has 8 heteroatoms. The fourth-order valence-electron chi connectivity index (χ4n) is 3.14. The van der Waals surface area contributed by atoms with Gasteiger partial charge in [0.05, 0.1) is 32.2 Å². The van der Waals surface area contributed by atoms with E-state index in [0.717, 1.165) is 28.9 Å². The smallest absolute Gasteiger partial charge is 0.182 e. The van der Waals surface area contributed by atoms with Crippen molar-refractivity contribution in [3.05, 3.63) is 41.2 Å². The SMILES string of the molecule is COCCn1c(C)cc(C2=NNC(=Nc3ccc(OC)c(OC)c3)SC2)c1C. The van der Waals surface area contributed by atoms with Crippen LogP contribution in [0.2, 0.25) is 0 Å². The maximum Gasteiger partial charge on any atom is 0.182 e. The summed E-state index contributed by atoms with van der Waals surface area (Å²) in [5.74, 6) is 2.09. The van der Waals surface area contributed by atoms with E-state index in [1.165, 1.54) is 17.0 Å². The largest absolute Gasteiger partial charge is 0.493 e. The van der Waals surface area contributed by atoms with E-state index in [-0.39, 0.29) is 0 Å². The minimum Gasteiger partial charge on any atom is -0.493 e. The van der Waals surface area contributed by atoms with Gasteiger partial charge in [-0.25, -0.2) is 4.99 Å². The lowest BCUT2D eigenvalue weighted by atomic mass is 10.1. The summed E-state index contributed by atoms with van der Waals surface area (Å²) in [6, 6.07) is 7.76. The Morgan fingerprint density at radius 1 is 1.14 bits per heavy atom. The fourth-order valence-corrected chi connectivity index (χ4v) is 3.92. The number of benzene rings is 1. The Balaban J connectivity index is 1.77. The van der Waals surface area contributed by atoms with Crippen molar-refractivity contribution < 1.29 is 14.2 Å². The average molecular weight is 403 g/mol. The Kier molecular flexibility index (Phi) is 6.64. The van der Waals surface area contributed by atoms with E-state index in [1.807, 2.05) is 18.2 Å². The van der Waals surface area contributed by atoms with Crippen LogP contribution < -0.4 is 14.9 Å². The second-order valence-electron chi connectivity index (χ2n) is 6.34. The number of nitrogens with one attached hydrogen (secondary N) is 1. The molecule has 1 N–H and O–H groups in total. The minimum absolute atomic E-state index is 0.651. The lowest BCUT2D eigenvalue weighted by Gasteiger charge is -2.15. The van der Waals surface area contributed by atoms with Crippen molar-refractivity contribution in [1.29, 1.82) is 0 Å². The van der Waals surface area contributed by atoms with Crippen molar-refractivity contribution in [1.82, 2.24) is 9.99 Å². The summed E-state index contributed by atoms with van der Waals surface area (Å²) in [6.07, 6.45) is 0. The number of ether oxygens (including phenoxy) is 3. The molecule has 1 aliphatic rings. The molecular formula is C20H26N4O3S. The summed E-state index contributed by atoms with van der Waals surface area (Å²) in [7, 11) is 4.95. The Hall–Kier alpha value is -2.45. The number of aryl methyl sites for hydroxylation is 1. The third-order valence-corrected chi connectivity index (χ3v) is 5.51. The van der Waals surface area contributed by atoms with Crippen molar-refractivity contribution >= 4 is 28.3 Å². The first kappa shape index (κ1) is 20.3. The lowest BCUT2D eigenvalue weighted by Crippen LogP contribution is -2.25. The Labute approximate surface area is 169 Å².